The fourth-order valence-electron chi connectivity index (χ4n) is 2.46. The van der Waals surface area contributed by atoms with Gasteiger partial charge in [0.2, 0.25) is 5.91 Å². The lowest BCUT2D eigenvalue weighted by molar-refractivity contribution is -0.188. The van der Waals surface area contributed by atoms with Gasteiger partial charge in [-0.3, -0.25) is 9.59 Å². The van der Waals surface area contributed by atoms with Crippen molar-refractivity contribution in [2.45, 2.75) is 25.7 Å². The van der Waals surface area contributed by atoms with E-state index in [-0.39, 0.29) is 19.1 Å². The molecule has 1 heterocycles. The first-order valence-electron chi connectivity index (χ1n) is 6.13. The highest BCUT2D eigenvalue weighted by atomic mass is 16.5. The van der Waals surface area contributed by atoms with Crippen molar-refractivity contribution in [1.29, 1.82) is 0 Å². The van der Waals surface area contributed by atoms with E-state index in [2.05, 4.69) is 10.1 Å². The fraction of sp³-hybridized carbons (Fsp3) is 0.833. The normalized spacial score (nSPS) is 22.9. The Hall–Kier alpha value is -1.10. The van der Waals surface area contributed by atoms with Crippen LogP contribution in [0.25, 0.3) is 0 Å². The smallest absolute Gasteiger partial charge is 0.326 e. The third-order valence-electron chi connectivity index (χ3n) is 3.73. The van der Waals surface area contributed by atoms with E-state index in [0.29, 0.717) is 12.5 Å². The fourth-order valence-corrected chi connectivity index (χ4v) is 2.46. The van der Waals surface area contributed by atoms with Gasteiger partial charge in [-0.1, -0.05) is 12.8 Å². The Morgan fingerprint density at radius 1 is 1.35 bits per heavy atom. The summed E-state index contributed by atoms with van der Waals surface area (Å²) in [4.78, 5) is 23.6. The average Bonchev–Trinajstić information content (AvgIpc) is 2.77. The average molecular weight is 241 g/mol. The van der Waals surface area contributed by atoms with Crippen LogP contribution < -0.4 is 5.32 Å². The number of hydrogen-bond acceptors (Lipinski definition) is 4. The molecule has 1 aliphatic heterocycles. The number of ether oxygens (including phenoxy) is 2. The molecule has 0 atom stereocenters. The van der Waals surface area contributed by atoms with E-state index in [1.54, 1.807) is 0 Å². The van der Waals surface area contributed by atoms with Crippen molar-refractivity contribution < 1.29 is 19.1 Å². The van der Waals surface area contributed by atoms with Crippen LogP contribution in [0.1, 0.15) is 25.7 Å². The first kappa shape index (κ1) is 12.4. The zero-order chi connectivity index (χ0) is 12.3. The molecule has 0 bridgehead atoms. The summed E-state index contributed by atoms with van der Waals surface area (Å²) >= 11 is 0. The van der Waals surface area contributed by atoms with Gasteiger partial charge < -0.3 is 14.8 Å². The van der Waals surface area contributed by atoms with Crippen molar-refractivity contribution in [2.24, 2.45) is 11.3 Å². The molecule has 0 radical (unpaired) electrons. The molecule has 1 saturated heterocycles. The Labute approximate surface area is 101 Å². The van der Waals surface area contributed by atoms with Crippen molar-refractivity contribution in [3.8, 4) is 0 Å². The molecule has 96 valence electrons. The third kappa shape index (κ3) is 2.29. The van der Waals surface area contributed by atoms with Gasteiger partial charge in [0.15, 0.2) is 5.41 Å². The van der Waals surface area contributed by atoms with Crippen LogP contribution in [0.15, 0.2) is 0 Å². The van der Waals surface area contributed by atoms with Crippen LogP contribution in [-0.2, 0) is 19.1 Å². The molecule has 5 heteroatoms. The molecule has 1 amide bonds. The van der Waals surface area contributed by atoms with Crippen LogP contribution in [0.3, 0.4) is 0 Å². The van der Waals surface area contributed by atoms with Crippen molar-refractivity contribution in [1.82, 2.24) is 5.32 Å². The summed E-state index contributed by atoms with van der Waals surface area (Å²) in [5, 5.41) is 2.86. The lowest BCUT2D eigenvalue weighted by Crippen LogP contribution is -2.59. The monoisotopic (exact) mass is 241 g/mol. The topological polar surface area (TPSA) is 64.6 Å². The van der Waals surface area contributed by atoms with Crippen LogP contribution in [0.5, 0.6) is 0 Å². The second-order valence-corrected chi connectivity index (χ2v) is 4.93. The SMILES string of the molecule is COC(=O)C1(C(=O)NCC2CCCC2)COC1. The molecule has 17 heavy (non-hydrogen) atoms. The van der Waals surface area contributed by atoms with Crippen molar-refractivity contribution in [2.75, 3.05) is 26.9 Å². The molecule has 1 aliphatic carbocycles. The molecule has 0 aromatic carbocycles. The van der Waals surface area contributed by atoms with Crippen LogP contribution in [0.2, 0.25) is 0 Å². The van der Waals surface area contributed by atoms with Crippen molar-refractivity contribution in [3.05, 3.63) is 0 Å². The zero-order valence-electron chi connectivity index (χ0n) is 10.2. The molecule has 1 N–H and O–H groups in total. The second kappa shape index (κ2) is 5.04. The first-order valence-corrected chi connectivity index (χ1v) is 6.13. The van der Waals surface area contributed by atoms with Gasteiger partial charge in [0.1, 0.15) is 0 Å². The van der Waals surface area contributed by atoms with E-state index in [9.17, 15) is 9.59 Å². The standard InChI is InChI=1S/C12H19NO4/c1-16-11(15)12(7-17-8-12)10(14)13-6-9-4-2-3-5-9/h9H,2-8H2,1H3,(H,13,14). The van der Waals surface area contributed by atoms with E-state index >= 15 is 0 Å². The molecule has 2 aliphatic rings. The van der Waals surface area contributed by atoms with Crippen LogP contribution in [0, 0.1) is 11.3 Å². The maximum atomic E-state index is 12.0. The lowest BCUT2D eigenvalue weighted by atomic mass is 9.84. The minimum absolute atomic E-state index is 0.135. The van der Waals surface area contributed by atoms with Crippen molar-refractivity contribution in [3.63, 3.8) is 0 Å². The highest BCUT2D eigenvalue weighted by molar-refractivity contribution is 6.03. The van der Waals surface area contributed by atoms with Crippen LogP contribution in [-0.4, -0.2) is 38.7 Å². The summed E-state index contributed by atoms with van der Waals surface area (Å²) in [5.41, 5.74) is -1.09. The number of carbonyl (C=O) groups is 2. The lowest BCUT2D eigenvalue weighted by Gasteiger charge is -2.36. The summed E-state index contributed by atoms with van der Waals surface area (Å²) in [6.45, 7) is 0.934. The van der Waals surface area contributed by atoms with E-state index < -0.39 is 11.4 Å². The molecule has 0 spiro atoms. The minimum Gasteiger partial charge on any atom is -0.468 e. The third-order valence-corrected chi connectivity index (χ3v) is 3.73. The first-order chi connectivity index (χ1) is 8.19. The van der Waals surface area contributed by atoms with Gasteiger partial charge in [-0.2, -0.15) is 0 Å². The highest BCUT2D eigenvalue weighted by Gasteiger charge is 2.53. The van der Waals surface area contributed by atoms with Gasteiger partial charge in [-0.25, -0.2) is 0 Å². The second-order valence-electron chi connectivity index (χ2n) is 4.93. The number of methoxy groups -OCH3 is 1. The summed E-state index contributed by atoms with van der Waals surface area (Å²) < 4.78 is 9.66. The largest absolute Gasteiger partial charge is 0.468 e. The van der Waals surface area contributed by atoms with E-state index in [1.807, 2.05) is 0 Å². The molecule has 1 saturated carbocycles. The maximum absolute atomic E-state index is 12.0. The molecular formula is C12H19NO4. The van der Waals surface area contributed by atoms with Crippen molar-refractivity contribution >= 4 is 11.9 Å². The van der Waals surface area contributed by atoms with Gasteiger partial charge in [0.05, 0.1) is 20.3 Å². The Bertz CT molecular complexity index is 306. The van der Waals surface area contributed by atoms with Gasteiger partial charge in [-0.15, -0.1) is 0 Å². The predicted molar refractivity (Wildman–Crippen MR) is 60.2 cm³/mol. The maximum Gasteiger partial charge on any atom is 0.326 e. The molecular weight excluding hydrogens is 222 g/mol. The molecule has 5 nitrogen and oxygen atoms in total. The number of rotatable bonds is 4. The number of nitrogens with one attached hydrogen (secondary N) is 1. The van der Waals surface area contributed by atoms with Gasteiger partial charge >= 0.3 is 5.97 Å². The number of carbonyl (C=O) groups excluding carboxylic acids is 2. The number of esters is 1. The molecule has 0 unspecified atom stereocenters. The highest BCUT2D eigenvalue weighted by Crippen LogP contribution is 2.30. The zero-order valence-corrected chi connectivity index (χ0v) is 10.2. The molecule has 0 aromatic heterocycles. The predicted octanol–water partition coefficient (Wildman–Crippen LogP) is 0.482. The van der Waals surface area contributed by atoms with Gasteiger partial charge in [-0.05, 0) is 18.8 Å². The van der Waals surface area contributed by atoms with Gasteiger partial charge in [0, 0.05) is 6.54 Å². The van der Waals surface area contributed by atoms with Crippen LogP contribution in [0.4, 0.5) is 0 Å². The minimum atomic E-state index is -1.09. The Balaban J connectivity index is 1.86. The molecule has 2 rings (SSSR count). The van der Waals surface area contributed by atoms with E-state index in [0.717, 1.165) is 0 Å². The van der Waals surface area contributed by atoms with E-state index in [4.69, 9.17) is 4.74 Å². The summed E-state index contributed by atoms with van der Waals surface area (Å²) in [6, 6.07) is 0. The number of amides is 1. The Morgan fingerprint density at radius 2 is 2.00 bits per heavy atom. The quantitative estimate of drug-likeness (QED) is 0.574. The summed E-state index contributed by atoms with van der Waals surface area (Å²) in [7, 11) is 1.30. The van der Waals surface area contributed by atoms with Gasteiger partial charge in [0.25, 0.3) is 0 Å². The molecule has 0 aromatic rings. The molecule has 2 fully saturated rings. The Kier molecular flexibility index (Phi) is 3.66. The summed E-state index contributed by atoms with van der Waals surface area (Å²) in [6.07, 6.45) is 4.82. The number of hydrogen-bond donors (Lipinski definition) is 1. The summed E-state index contributed by atoms with van der Waals surface area (Å²) in [5.74, 6) is -0.176. The Morgan fingerprint density at radius 3 is 2.47 bits per heavy atom. The van der Waals surface area contributed by atoms with E-state index in [1.165, 1.54) is 32.8 Å². The van der Waals surface area contributed by atoms with Crippen LogP contribution >= 0.6 is 0 Å².